The third-order valence-corrected chi connectivity index (χ3v) is 8.09. The molecule has 0 aliphatic heterocycles. The van der Waals surface area contributed by atoms with Gasteiger partial charge in [-0.3, -0.25) is 9.59 Å². The molecule has 1 N–H and O–H groups in total. The van der Waals surface area contributed by atoms with Crippen LogP contribution in [0, 0.1) is 0 Å². The summed E-state index contributed by atoms with van der Waals surface area (Å²) in [7, 11) is -2.11. The fraction of sp³-hybridized carbons (Fsp3) is 0.440. The molecule has 2 amide bonds. The molecule has 2 atom stereocenters. The first-order valence-electron chi connectivity index (χ1n) is 11.4. The molecule has 34 heavy (non-hydrogen) atoms. The highest BCUT2D eigenvalue weighted by Gasteiger charge is 2.27. The minimum absolute atomic E-state index is 0.00890. The number of rotatable bonds is 12. The molecule has 0 aromatic heterocycles. The molecule has 0 unspecified atom stereocenters. The number of carbonyl (C=O) groups is 2. The lowest BCUT2D eigenvalue weighted by molar-refractivity contribution is -0.141. The van der Waals surface area contributed by atoms with E-state index in [1.807, 2.05) is 38.1 Å². The summed E-state index contributed by atoms with van der Waals surface area (Å²) in [6.45, 7) is 6.11. The van der Waals surface area contributed by atoms with Gasteiger partial charge in [0.05, 0.1) is 4.90 Å². The second-order valence-electron chi connectivity index (χ2n) is 8.39. The number of sulfonamides is 1. The summed E-state index contributed by atoms with van der Waals surface area (Å²) < 4.78 is 27.6. The molecule has 0 aliphatic carbocycles. The predicted molar refractivity (Wildman–Crippen MR) is 138 cm³/mol. The second-order valence-corrected chi connectivity index (χ2v) is 11.3. The number of nitrogens with zero attached hydrogens (tertiary/aromatic N) is 2. The van der Waals surface area contributed by atoms with Gasteiger partial charge in [0.2, 0.25) is 21.8 Å². The van der Waals surface area contributed by atoms with E-state index in [1.54, 1.807) is 42.2 Å². The lowest BCUT2D eigenvalue weighted by Crippen LogP contribution is -2.49. The maximum absolute atomic E-state index is 13.2. The fourth-order valence-corrected chi connectivity index (χ4v) is 5.05. The van der Waals surface area contributed by atoms with Gasteiger partial charge in [-0.25, -0.2) is 12.7 Å². The number of hydrogen-bond acceptors (Lipinski definition) is 4. The normalized spacial score (nSPS) is 13.4. The summed E-state index contributed by atoms with van der Waals surface area (Å²) in [6.07, 6.45) is 1.26. The Hall–Kier alpha value is -2.23. The summed E-state index contributed by atoms with van der Waals surface area (Å²) in [4.78, 5) is 27.8. The van der Waals surface area contributed by atoms with Crippen molar-refractivity contribution in [1.82, 2.24) is 14.5 Å². The molecule has 9 heteroatoms. The van der Waals surface area contributed by atoms with Crippen molar-refractivity contribution in [3.8, 4) is 0 Å². The lowest BCUT2D eigenvalue weighted by atomic mass is 10.1. The van der Waals surface area contributed by atoms with Crippen LogP contribution in [0.4, 0.5) is 0 Å². The average Bonchev–Trinajstić information content (AvgIpc) is 2.82. The summed E-state index contributed by atoms with van der Waals surface area (Å²) in [5, 5.41) is 2.94. The van der Waals surface area contributed by atoms with E-state index >= 15 is 0 Å². The van der Waals surface area contributed by atoms with E-state index in [2.05, 4.69) is 21.2 Å². The molecular weight excluding hydrogens is 518 g/mol. The Bertz CT molecular complexity index is 1060. The van der Waals surface area contributed by atoms with Crippen LogP contribution in [0.1, 0.15) is 45.6 Å². The van der Waals surface area contributed by atoms with Crippen LogP contribution in [0.2, 0.25) is 0 Å². The molecule has 0 radical (unpaired) electrons. The molecule has 2 aromatic rings. The SMILES string of the molecule is CC[C@H](C)NC(=O)[C@H](C)N(Cc1cccc(Br)c1)C(=O)CCCN(C)S(=O)(=O)c1ccccc1. The summed E-state index contributed by atoms with van der Waals surface area (Å²) >= 11 is 3.45. The molecule has 0 fully saturated rings. The Labute approximate surface area is 211 Å². The molecule has 0 bridgehead atoms. The first-order valence-corrected chi connectivity index (χ1v) is 13.6. The first-order chi connectivity index (χ1) is 16.1. The van der Waals surface area contributed by atoms with Gasteiger partial charge in [0.1, 0.15) is 6.04 Å². The number of amides is 2. The fourth-order valence-electron chi connectivity index (χ4n) is 3.37. The molecule has 0 saturated carbocycles. The van der Waals surface area contributed by atoms with Crippen molar-refractivity contribution in [2.75, 3.05) is 13.6 Å². The van der Waals surface area contributed by atoms with Gasteiger partial charge < -0.3 is 10.2 Å². The van der Waals surface area contributed by atoms with Gasteiger partial charge >= 0.3 is 0 Å². The van der Waals surface area contributed by atoms with Crippen molar-refractivity contribution in [1.29, 1.82) is 0 Å². The van der Waals surface area contributed by atoms with Gasteiger partial charge in [0.15, 0.2) is 0 Å². The van der Waals surface area contributed by atoms with Crippen molar-refractivity contribution in [3.63, 3.8) is 0 Å². The summed E-state index contributed by atoms with van der Waals surface area (Å²) in [5.41, 5.74) is 0.898. The zero-order valence-electron chi connectivity index (χ0n) is 20.2. The van der Waals surface area contributed by atoms with E-state index in [9.17, 15) is 18.0 Å². The molecule has 0 saturated heterocycles. The van der Waals surface area contributed by atoms with Gasteiger partial charge in [0, 0.05) is 37.1 Å². The minimum Gasteiger partial charge on any atom is -0.352 e. The highest BCUT2D eigenvalue weighted by Crippen LogP contribution is 2.18. The van der Waals surface area contributed by atoms with Gasteiger partial charge in [-0.2, -0.15) is 0 Å². The third-order valence-electron chi connectivity index (χ3n) is 5.73. The molecule has 0 heterocycles. The topological polar surface area (TPSA) is 86.8 Å². The molecular formula is C25H34BrN3O4S. The van der Waals surface area contributed by atoms with Gasteiger partial charge in [-0.15, -0.1) is 0 Å². The highest BCUT2D eigenvalue weighted by atomic mass is 79.9. The lowest BCUT2D eigenvalue weighted by Gasteiger charge is -2.30. The number of carbonyl (C=O) groups excluding carboxylic acids is 2. The van der Waals surface area contributed by atoms with Crippen molar-refractivity contribution in [2.24, 2.45) is 0 Å². The molecule has 2 rings (SSSR count). The standard InChI is InChI=1S/C25H34BrN3O4S/c1-5-19(2)27-25(31)20(3)29(18-21-11-9-12-22(26)17-21)24(30)15-10-16-28(4)34(32,33)23-13-7-6-8-14-23/h6-9,11-14,17,19-20H,5,10,15-16,18H2,1-4H3,(H,27,31)/t19-,20-/m0/s1. The Morgan fingerprint density at radius 3 is 2.35 bits per heavy atom. The van der Waals surface area contributed by atoms with Crippen LogP contribution in [0.15, 0.2) is 64.0 Å². The van der Waals surface area contributed by atoms with Gasteiger partial charge in [0.25, 0.3) is 0 Å². The van der Waals surface area contributed by atoms with E-state index in [-0.39, 0.29) is 42.3 Å². The van der Waals surface area contributed by atoms with Crippen LogP contribution >= 0.6 is 15.9 Å². The van der Waals surface area contributed by atoms with Crippen molar-refractivity contribution in [2.45, 2.75) is 63.6 Å². The van der Waals surface area contributed by atoms with E-state index < -0.39 is 16.1 Å². The van der Waals surface area contributed by atoms with Gasteiger partial charge in [-0.05, 0) is 56.5 Å². The number of benzene rings is 2. The second kappa shape index (κ2) is 13.0. The van der Waals surface area contributed by atoms with Crippen LogP contribution in [0.25, 0.3) is 0 Å². The van der Waals surface area contributed by atoms with Crippen LogP contribution in [-0.2, 0) is 26.2 Å². The molecule has 0 aliphatic rings. The Balaban J connectivity index is 2.09. The smallest absolute Gasteiger partial charge is 0.242 e. The van der Waals surface area contributed by atoms with Crippen molar-refractivity contribution >= 4 is 37.8 Å². The van der Waals surface area contributed by atoms with E-state index in [0.717, 1.165) is 16.5 Å². The Morgan fingerprint density at radius 2 is 1.74 bits per heavy atom. The van der Waals surface area contributed by atoms with Crippen LogP contribution in [0.3, 0.4) is 0 Å². The maximum Gasteiger partial charge on any atom is 0.242 e. The zero-order valence-corrected chi connectivity index (χ0v) is 22.6. The first kappa shape index (κ1) is 28.0. The monoisotopic (exact) mass is 551 g/mol. The Morgan fingerprint density at radius 1 is 1.06 bits per heavy atom. The summed E-state index contributed by atoms with van der Waals surface area (Å²) in [6, 6.07) is 15.2. The van der Waals surface area contributed by atoms with E-state index in [4.69, 9.17) is 0 Å². The molecule has 186 valence electrons. The number of halogens is 1. The molecule has 0 spiro atoms. The van der Waals surface area contributed by atoms with Crippen LogP contribution in [0.5, 0.6) is 0 Å². The van der Waals surface area contributed by atoms with Gasteiger partial charge in [-0.1, -0.05) is 53.2 Å². The quantitative estimate of drug-likeness (QED) is 0.428. The average molecular weight is 553 g/mol. The van der Waals surface area contributed by atoms with E-state index in [0.29, 0.717) is 6.42 Å². The minimum atomic E-state index is -3.62. The molecule has 2 aromatic carbocycles. The van der Waals surface area contributed by atoms with Crippen molar-refractivity contribution < 1.29 is 18.0 Å². The largest absolute Gasteiger partial charge is 0.352 e. The molecule has 7 nitrogen and oxygen atoms in total. The maximum atomic E-state index is 13.2. The van der Waals surface area contributed by atoms with Crippen molar-refractivity contribution in [3.05, 3.63) is 64.6 Å². The highest BCUT2D eigenvalue weighted by molar-refractivity contribution is 9.10. The Kier molecular flexibility index (Phi) is 10.7. The number of hydrogen-bond donors (Lipinski definition) is 1. The third kappa shape index (κ3) is 7.92. The van der Waals surface area contributed by atoms with Crippen LogP contribution < -0.4 is 5.32 Å². The predicted octanol–water partition coefficient (Wildman–Crippen LogP) is 4.18. The zero-order chi connectivity index (χ0) is 25.3. The summed E-state index contributed by atoms with van der Waals surface area (Å²) in [5.74, 6) is -0.404. The van der Waals surface area contributed by atoms with Crippen LogP contribution in [-0.4, -0.2) is 55.1 Å². The van der Waals surface area contributed by atoms with E-state index in [1.165, 1.54) is 11.4 Å². The number of nitrogens with one attached hydrogen (secondary N) is 1.